The molecule has 0 aliphatic rings. The van der Waals surface area contributed by atoms with Gasteiger partial charge in [-0.05, 0) is 58.2 Å². The summed E-state index contributed by atoms with van der Waals surface area (Å²) >= 11 is 0. The molecule has 0 aromatic carbocycles. The minimum absolute atomic E-state index is 0.315. The van der Waals surface area contributed by atoms with E-state index >= 15 is 0 Å². The van der Waals surface area contributed by atoms with Gasteiger partial charge in [0.1, 0.15) is 6.29 Å². The molecule has 0 heterocycles. The van der Waals surface area contributed by atoms with E-state index in [-0.39, 0.29) is 0 Å². The molecular formula is C15H31NO2. The quantitative estimate of drug-likeness (QED) is 0.384. The second-order valence-electron chi connectivity index (χ2n) is 5.00. The first-order chi connectivity index (χ1) is 8.85. The van der Waals surface area contributed by atoms with Crippen molar-refractivity contribution >= 4 is 6.29 Å². The van der Waals surface area contributed by atoms with E-state index in [0.717, 1.165) is 45.1 Å². The predicted octanol–water partition coefficient (Wildman–Crippen LogP) is 3.01. The Kier molecular flexibility index (Phi) is 14.3. The summed E-state index contributed by atoms with van der Waals surface area (Å²) in [6.45, 7) is 6.00. The molecule has 0 bridgehead atoms. The summed E-state index contributed by atoms with van der Waals surface area (Å²) in [5, 5.41) is 8.76. The highest BCUT2D eigenvalue weighted by atomic mass is 16.2. The van der Waals surface area contributed by atoms with E-state index in [1.54, 1.807) is 0 Å². The number of rotatable bonds is 14. The number of nitrogens with zero attached hydrogens (tertiary/aromatic N) is 1. The van der Waals surface area contributed by atoms with Crippen LogP contribution in [0.2, 0.25) is 0 Å². The normalized spacial score (nSPS) is 11.1. The van der Waals surface area contributed by atoms with Crippen molar-refractivity contribution in [3.63, 3.8) is 0 Å². The Balaban J connectivity index is 3.65. The van der Waals surface area contributed by atoms with Gasteiger partial charge in [0.15, 0.2) is 0 Å². The number of carbonyl (C=O) groups is 1. The van der Waals surface area contributed by atoms with E-state index in [2.05, 4.69) is 11.8 Å². The fourth-order valence-electron chi connectivity index (χ4n) is 2.11. The van der Waals surface area contributed by atoms with Crippen LogP contribution in [-0.2, 0) is 4.79 Å². The van der Waals surface area contributed by atoms with Crippen molar-refractivity contribution in [1.82, 2.24) is 4.90 Å². The first kappa shape index (κ1) is 17.6. The number of aliphatic hydroxyl groups is 1. The average molecular weight is 257 g/mol. The molecule has 0 atom stereocenters. The highest BCUT2D eigenvalue weighted by Crippen LogP contribution is 2.05. The number of carbonyl (C=O) groups excluding carboxylic acids is 1. The van der Waals surface area contributed by atoms with E-state index in [9.17, 15) is 4.79 Å². The average Bonchev–Trinajstić information content (AvgIpc) is 2.39. The van der Waals surface area contributed by atoms with Crippen LogP contribution in [0, 0.1) is 0 Å². The van der Waals surface area contributed by atoms with Crippen molar-refractivity contribution in [2.45, 2.75) is 64.7 Å². The summed E-state index contributed by atoms with van der Waals surface area (Å²) in [4.78, 5) is 12.8. The van der Waals surface area contributed by atoms with Crippen molar-refractivity contribution in [2.24, 2.45) is 0 Å². The lowest BCUT2D eigenvalue weighted by Gasteiger charge is -2.22. The molecule has 0 unspecified atom stereocenters. The van der Waals surface area contributed by atoms with Gasteiger partial charge in [-0.3, -0.25) is 0 Å². The van der Waals surface area contributed by atoms with Gasteiger partial charge in [-0.2, -0.15) is 0 Å². The van der Waals surface area contributed by atoms with E-state index in [1.807, 2.05) is 0 Å². The zero-order valence-corrected chi connectivity index (χ0v) is 12.1. The second-order valence-corrected chi connectivity index (χ2v) is 5.00. The monoisotopic (exact) mass is 257 g/mol. The van der Waals surface area contributed by atoms with Crippen molar-refractivity contribution in [2.75, 3.05) is 26.2 Å². The third kappa shape index (κ3) is 12.1. The molecule has 3 nitrogen and oxygen atoms in total. The largest absolute Gasteiger partial charge is 0.396 e. The Morgan fingerprint density at radius 2 is 1.50 bits per heavy atom. The molecule has 0 aromatic rings. The smallest absolute Gasteiger partial charge is 0.119 e. The van der Waals surface area contributed by atoms with Crippen LogP contribution in [0.15, 0.2) is 0 Å². The van der Waals surface area contributed by atoms with Gasteiger partial charge in [0, 0.05) is 13.0 Å². The van der Waals surface area contributed by atoms with Gasteiger partial charge in [-0.15, -0.1) is 0 Å². The molecular weight excluding hydrogens is 226 g/mol. The fourth-order valence-corrected chi connectivity index (χ4v) is 2.11. The van der Waals surface area contributed by atoms with Crippen LogP contribution in [0.1, 0.15) is 64.7 Å². The van der Waals surface area contributed by atoms with Gasteiger partial charge in [-0.25, -0.2) is 0 Å². The zero-order valence-electron chi connectivity index (χ0n) is 12.1. The SMILES string of the molecule is CCCCCN(CCCCC=O)CCCCCO. The first-order valence-electron chi connectivity index (χ1n) is 7.62. The molecule has 0 aliphatic heterocycles. The van der Waals surface area contributed by atoms with Gasteiger partial charge in [0.05, 0.1) is 0 Å². The molecule has 18 heavy (non-hydrogen) atoms. The van der Waals surface area contributed by atoms with Crippen molar-refractivity contribution in [3.05, 3.63) is 0 Å². The summed E-state index contributed by atoms with van der Waals surface area (Å²) in [5.74, 6) is 0. The maximum atomic E-state index is 10.3. The van der Waals surface area contributed by atoms with Crippen LogP contribution in [0.3, 0.4) is 0 Å². The lowest BCUT2D eigenvalue weighted by Crippen LogP contribution is -2.27. The standard InChI is InChI=1S/C15H31NO2/c1-2-3-6-11-16(12-7-4-9-14-17)13-8-5-10-15-18/h14,18H,2-13,15H2,1H3. The van der Waals surface area contributed by atoms with Crippen LogP contribution in [-0.4, -0.2) is 42.5 Å². The lowest BCUT2D eigenvalue weighted by atomic mass is 10.2. The van der Waals surface area contributed by atoms with E-state index in [4.69, 9.17) is 5.11 Å². The van der Waals surface area contributed by atoms with Gasteiger partial charge in [0.25, 0.3) is 0 Å². The van der Waals surface area contributed by atoms with Gasteiger partial charge in [0.2, 0.25) is 0 Å². The maximum Gasteiger partial charge on any atom is 0.119 e. The molecule has 0 aromatic heterocycles. The van der Waals surface area contributed by atoms with Crippen LogP contribution < -0.4 is 0 Å². The molecule has 0 rings (SSSR count). The van der Waals surface area contributed by atoms with Crippen molar-refractivity contribution in [1.29, 1.82) is 0 Å². The molecule has 0 aliphatic carbocycles. The van der Waals surface area contributed by atoms with Crippen LogP contribution in [0.5, 0.6) is 0 Å². The van der Waals surface area contributed by atoms with Crippen molar-refractivity contribution in [3.8, 4) is 0 Å². The van der Waals surface area contributed by atoms with Gasteiger partial charge < -0.3 is 14.8 Å². The minimum Gasteiger partial charge on any atom is -0.396 e. The fraction of sp³-hybridized carbons (Fsp3) is 0.933. The number of hydrogen-bond donors (Lipinski definition) is 1. The molecule has 3 heteroatoms. The Morgan fingerprint density at radius 3 is 2.06 bits per heavy atom. The van der Waals surface area contributed by atoms with Gasteiger partial charge >= 0.3 is 0 Å². The van der Waals surface area contributed by atoms with Gasteiger partial charge in [-0.1, -0.05) is 19.8 Å². The molecule has 0 fully saturated rings. The number of unbranched alkanes of at least 4 members (excludes halogenated alkanes) is 6. The number of hydrogen-bond acceptors (Lipinski definition) is 3. The lowest BCUT2D eigenvalue weighted by molar-refractivity contribution is -0.107. The second kappa shape index (κ2) is 14.7. The number of aldehydes is 1. The van der Waals surface area contributed by atoms with E-state index < -0.39 is 0 Å². The third-order valence-corrected chi connectivity index (χ3v) is 3.26. The van der Waals surface area contributed by atoms with Crippen LogP contribution >= 0.6 is 0 Å². The molecule has 108 valence electrons. The molecule has 0 saturated heterocycles. The predicted molar refractivity (Wildman–Crippen MR) is 76.8 cm³/mol. The third-order valence-electron chi connectivity index (χ3n) is 3.26. The topological polar surface area (TPSA) is 40.5 Å². The summed E-state index contributed by atoms with van der Waals surface area (Å²) in [6.07, 6.45) is 10.9. The van der Waals surface area contributed by atoms with Crippen LogP contribution in [0.4, 0.5) is 0 Å². The first-order valence-corrected chi connectivity index (χ1v) is 7.62. The summed E-state index contributed by atoms with van der Waals surface area (Å²) in [7, 11) is 0. The molecule has 1 N–H and O–H groups in total. The molecule has 0 saturated carbocycles. The van der Waals surface area contributed by atoms with E-state index in [1.165, 1.54) is 32.2 Å². The zero-order chi connectivity index (χ0) is 13.5. The number of aliphatic hydroxyl groups excluding tert-OH is 1. The van der Waals surface area contributed by atoms with Crippen molar-refractivity contribution < 1.29 is 9.90 Å². The highest BCUT2D eigenvalue weighted by Gasteiger charge is 2.04. The molecule has 0 amide bonds. The minimum atomic E-state index is 0.315. The Hall–Kier alpha value is -0.410. The van der Waals surface area contributed by atoms with E-state index in [0.29, 0.717) is 13.0 Å². The highest BCUT2D eigenvalue weighted by molar-refractivity contribution is 5.48. The Bertz CT molecular complexity index is 174. The Labute approximate surface area is 113 Å². The van der Waals surface area contributed by atoms with Crippen LogP contribution in [0.25, 0.3) is 0 Å². The summed E-state index contributed by atoms with van der Waals surface area (Å²) < 4.78 is 0. The Morgan fingerprint density at radius 1 is 0.889 bits per heavy atom. The summed E-state index contributed by atoms with van der Waals surface area (Å²) in [6, 6.07) is 0. The molecule has 0 spiro atoms. The maximum absolute atomic E-state index is 10.3. The molecule has 0 radical (unpaired) electrons. The summed E-state index contributed by atoms with van der Waals surface area (Å²) in [5.41, 5.74) is 0.